The Bertz CT molecular complexity index is 3050. The van der Waals surface area contributed by atoms with Crippen LogP contribution in [0.15, 0.2) is 134 Å². The highest BCUT2D eigenvalue weighted by atomic mass is 35.5. The lowest BCUT2D eigenvalue weighted by Gasteiger charge is -2.19. The van der Waals surface area contributed by atoms with E-state index < -0.39 is 76.3 Å². The summed E-state index contributed by atoms with van der Waals surface area (Å²) < 4.78 is 66.8. The lowest BCUT2D eigenvalue weighted by Crippen LogP contribution is -2.29. The van der Waals surface area contributed by atoms with Crippen molar-refractivity contribution in [1.82, 2.24) is 19.9 Å². The van der Waals surface area contributed by atoms with Crippen LogP contribution in [-0.2, 0) is 4.74 Å². The molecule has 0 fully saturated rings. The number of halogens is 5. The first-order valence-electron chi connectivity index (χ1n) is 19.2. The van der Waals surface area contributed by atoms with Gasteiger partial charge in [0.15, 0.2) is 34.7 Å². The van der Waals surface area contributed by atoms with E-state index in [-0.39, 0.29) is 21.8 Å². The van der Waals surface area contributed by atoms with E-state index in [1.54, 1.807) is 57.3 Å². The van der Waals surface area contributed by atoms with Gasteiger partial charge < -0.3 is 24.6 Å². The fourth-order valence-electron chi connectivity index (χ4n) is 5.88. The summed E-state index contributed by atoms with van der Waals surface area (Å²) in [4.78, 5) is 54.0. The van der Waals surface area contributed by atoms with Crippen molar-refractivity contribution < 1.29 is 56.6 Å². The zero-order valence-corrected chi connectivity index (χ0v) is 35.1. The van der Waals surface area contributed by atoms with Crippen molar-refractivity contribution in [2.24, 2.45) is 0 Å². The van der Waals surface area contributed by atoms with Crippen molar-refractivity contribution in [1.29, 1.82) is 0 Å². The number of nitrogens with zero attached hydrogens (tertiary/aromatic N) is 4. The summed E-state index contributed by atoms with van der Waals surface area (Å²) in [6, 6.07) is 30.0. The molecule has 6 aromatic carbocycles. The Kier molecular flexibility index (Phi) is 14.6. The van der Waals surface area contributed by atoms with Gasteiger partial charge in [0.25, 0.3) is 0 Å². The third-order valence-corrected chi connectivity index (χ3v) is 9.09. The van der Waals surface area contributed by atoms with Crippen LogP contribution in [0, 0.1) is 23.3 Å². The second-order valence-electron chi connectivity index (χ2n) is 14.7. The van der Waals surface area contributed by atoms with Crippen LogP contribution in [0.4, 0.5) is 22.4 Å². The SMILES string of the molecule is CC(C)(C)OC(=O)Oc1ccc(F)c(C(=O)c2ccc3ncc(Cl)nc3c2)c1F.O=C(c1ccc2ncc(-c3ccccc3)nc2c1)c1c(F)ccc(O)c1F.OB(O)c1ccccc1. The number of carbonyl (C=O) groups is 3. The number of phenolic OH excluding ortho intramolecular Hbond substituents is 1. The molecule has 18 heteroatoms. The molecule has 0 aliphatic carbocycles. The molecule has 2 aromatic heterocycles. The summed E-state index contributed by atoms with van der Waals surface area (Å²) in [6.07, 6.45) is 1.77. The van der Waals surface area contributed by atoms with Crippen molar-refractivity contribution >= 4 is 64.0 Å². The number of rotatable bonds is 7. The van der Waals surface area contributed by atoms with Crippen molar-refractivity contribution in [2.45, 2.75) is 26.4 Å². The molecule has 2 heterocycles. The normalized spacial score (nSPS) is 10.9. The van der Waals surface area contributed by atoms with Crippen molar-refractivity contribution in [3.63, 3.8) is 0 Å². The molecule has 8 rings (SSSR count). The molecule has 0 radical (unpaired) electrons. The minimum Gasteiger partial charge on any atom is -0.505 e. The van der Waals surface area contributed by atoms with Crippen molar-refractivity contribution in [2.75, 3.05) is 0 Å². The first-order chi connectivity index (χ1) is 30.9. The van der Waals surface area contributed by atoms with E-state index in [1.807, 2.05) is 36.4 Å². The Morgan fingerprint density at radius 2 is 1.15 bits per heavy atom. The second kappa shape index (κ2) is 20.3. The zero-order valence-electron chi connectivity index (χ0n) is 34.3. The molecule has 0 saturated carbocycles. The highest BCUT2D eigenvalue weighted by molar-refractivity contribution is 6.58. The molecule has 0 atom stereocenters. The number of hydrogen-bond acceptors (Lipinski definition) is 12. The molecule has 0 aliphatic heterocycles. The monoisotopic (exact) mass is 904 g/mol. The van der Waals surface area contributed by atoms with E-state index in [0.29, 0.717) is 27.7 Å². The smallest absolute Gasteiger partial charge is 0.505 e. The molecule has 0 bridgehead atoms. The van der Waals surface area contributed by atoms with Gasteiger partial charge in [-0.25, -0.2) is 32.3 Å². The fraction of sp³-hybridized carbons (Fsp3) is 0.0851. The van der Waals surface area contributed by atoms with Crippen LogP contribution >= 0.6 is 11.6 Å². The summed E-state index contributed by atoms with van der Waals surface area (Å²) in [5.74, 6) is -8.02. The number of fused-ring (bicyclic) bond motifs is 2. The Hall–Kier alpha value is -7.60. The lowest BCUT2D eigenvalue weighted by atomic mass is 9.81. The number of aromatic hydroxyl groups is 1. The summed E-state index contributed by atoms with van der Waals surface area (Å²) in [5.41, 5.74) is 1.15. The molecule has 0 amide bonds. The van der Waals surface area contributed by atoms with E-state index in [4.69, 9.17) is 31.1 Å². The average Bonchev–Trinajstić information content (AvgIpc) is 3.28. The Balaban J connectivity index is 0.000000181. The van der Waals surface area contributed by atoms with E-state index >= 15 is 0 Å². The van der Waals surface area contributed by atoms with Crippen LogP contribution in [0.5, 0.6) is 11.5 Å². The van der Waals surface area contributed by atoms with E-state index in [2.05, 4.69) is 19.9 Å². The van der Waals surface area contributed by atoms with Gasteiger partial charge in [-0.2, -0.15) is 0 Å². The van der Waals surface area contributed by atoms with E-state index in [0.717, 1.165) is 29.8 Å². The molecule has 0 spiro atoms. The summed E-state index contributed by atoms with van der Waals surface area (Å²) >= 11 is 5.79. The highest BCUT2D eigenvalue weighted by Crippen LogP contribution is 2.29. The van der Waals surface area contributed by atoms with Gasteiger partial charge in [-0.3, -0.25) is 19.6 Å². The lowest BCUT2D eigenvalue weighted by molar-refractivity contribution is 0.0197. The highest BCUT2D eigenvalue weighted by Gasteiger charge is 2.26. The maximum absolute atomic E-state index is 14.8. The molecule has 65 heavy (non-hydrogen) atoms. The van der Waals surface area contributed by atoms with Crippen LogP contribution in [0.25, 0.3) is 33.3 Å². The average molecular weight is 905 g/mol. The van der Waals surface area contributed by atoms with Gasteiger partial charge in [-0.05, 0) is 86.9 Å². The number of ketones is 2. The van der Waals surface area contributed by atoms with E-state index in [1.165, 1.54) is 36.5 Å². The quantitative estimate of drug-likeness (QED) is 0.0455. The maximum atomic E-state index is 14.8. The second-order valence-corrected chi connectivity index (χ2v) is 15.1. The zero-order chi connectivity index (χ0) is 47.0. The number of carbonyl (C=O) groups excluding carboxylic acids is 3. The maximum Gasteiger partial charge on any atom is 0.514 e. The topological polar surface area (TPSA) is 182 Å². The largest absolute Gasteiger partial charge is 0.514 e. The Morgan fingerprint density at radius 1 is 0.631 bits per heavy atom. The Morgan fingerprint density at radius 3 is 1.71 bits per heavy atom. The number of benzene rings is 6. The number of hydrogen-bond donors (Lipinski definition) is 3. The summed E-state index contributed by atoms with van der Waals surface area (Å²) in [5, 5.41) is 26.7. The van der Waals surface area contributed by atoms with Gasteiger partial charge in [0.05, 0.1) is 51.3 Å². The standard InChI is InChI=1S/C21H12F2N2O2.C20H15ClF2N2O4.C6H7BO2/c22-14-7-9-18(26)20(23)19(14)21(27)13-6-8-15-16(10-13)25-17(11-24-15)12-4-2-1-3-5-12;1-20(2,3)29-19(27)28-14-7-5-11(22)16(17(14)23)18(26)10-4-6-12-13(8-10)25-15(21)9-24-12;8-7(9)6-4-2-1-3-5-6/h1-11,26H;4-9H,1-3H3;1-5,8-9H. The van der Waals surface area contributed by atoms with Crippen molar-refractivity contribution in [3.05, 3.63) is 184 Å². The molecule has 0 aliphatic rings. The first-order valence-corrected chi connectivity index (χ1v) is 19.6. The van der Waals surface area contributed by atoms with Gasteiger partial charge in [-0.15, -0.1) is 0 Å². The predicted octanol–water partition coefficient (Wildman–Crippen LogP) is 8.98. The summed E-state index contributed by atoms with van der Waals surface area (Å²) in [7, 11) is -1.34. The number of aromatic nitrogens is 4. The molecule has 0 saturated heterocycles. The van der Waals surface area contributed by atoms with Crippen LogP contribution in [0.1, 0.15) is 52.6 Å². The van der Waals surface area contributed by atoms with Gasteiger partial charge in [0, 0.05) is 16.7 Å². The molecular weight excluding hydrogens is 871 g/mol. The third kappa shape index (κ3) is 11.7. The number of phenols is 1. The first kappa shape index (κ1) is 46.9. The van der Waals surface area contributed by atoms with Gasteiger partial charge in [0.2, 0.25) is 0 Å². The molecule has 328 valence electrons. The molecule has 12 nitrogen and oxygen atoms in total. The third-order valence-electron chi connectivity index (χ3n) is 8.91. The minimum absolute atomic E-state index is 0.0405. The van der Waals surface area contributed by atoms with Crippen LogP contribution in [0.3, 0.4) is 0 Å². The van der Waals surface area contributed by atoms with Crippen LogP contribution in [0.2, 0.25) is 5.15 Å². The van der Waals surface area contributed by atoms with Gasteiger partial charge in [0.1, 0.15) is 22.4 Å². The molecule has 3 N–H and O–H groups in total. The van der Waals surface area contributed by atoms with Crippen LogP contribution in [-0.4, -0.2) is 65.5 Å². The van der Waals surface area contributed by atoms with Gasteiger partial charge in [-0.1, -0.05) is 72.3 Å². The van der Waals surface area contributed by atoms with E-state index in [9.17, 15) is 37.1 Å². The van der Waals surface area contributed by atoms with Crippen molar-refractivity contribution in [3.8, 4) is 22.8 Å². The predicted molar refractivity (Wildman–Crippen MR) is 234 cm³/mol. The molecule has 8 aromatic rings. The number of ether oxygens (including phenoxy) is 2. The Labute approximate surface area is 372 Å². The van der Waals surface area contributed by atoms with Crippen LogP contribution < -0.4 is 10.2 Å². The fourth-order valence-corrected chi connectivity index (χ4v) is 6.02. The minimum atomic E-state index is -1.34. The van der Waals surface area contributed by atoms with Gasteiger partial charge >= 0.3 is 13.3 Å². The molecule has 0 unspecified atom stereocenters. The summed E-state index contributed by atoms with van der Waals surface area (Å²) in [6.45, 7) is 4.79. The molecular formula is C47H34BClF4N4O8.